The molecule has 0 fully saturated rings. The molecule has 1 aliphatic heterocycles. The highest BCUT2D eigenvalue weighted by atomic mass is 16.5. The molecule has 1 nitrogen and oxygen atoms in total. The normalized spacial score (nSPS) is 14.0. The van der Waals surface area contributed by atoms with Crippen LogP contribution in [0.3, 0.4) is 0 Å². The largest absolute Gasteiger partial charge is 0.473 e. The molecule has 164 valence electrons. The summed E-state index contributed by atoms with van der Waals surface area (Å²) in [4.78, 5) is 0. The Balaban J connectivity index is 1.64. The Kier molecular flexibility index (Phi) is 5.21. The fraction of sp³-hybridized carbons (Fsp3) is 0.188. The summed E-state index contributed by atoms with van der Waals surface area (Å²) in [6, 6.07) is 27.6. The van der Waals surface area contributed by atoms with Crippen molar-refractivity contribution in [1.29, 1.82) is 0 Å². The summed E-state index contributed by atoms with van der Waals surface area (Å²) in [6.45, 7) is 11.2. The van der Waals surface area contributed by atoms with Gasteiger partial charge >= 0.3 is 0 Å². The van der Waals surface area contributed by atoms with E-state index in [1.807, 2.05) is 12.1 Å². The van der Waals surface area contributed by atoms with Crippen LogP contribution in [-0.2, 0) is 5.60 Å². The van der Waals surface area contributed by atoms with Gasteiger partial charge in [0.15, 0.2) is 5.60 Å². The van der Waals surface area contributed by atoms with Gasteiger partial charge in [-0.2, -0.15) is 0 Å². The summed E-state index contributed by atoms with van der Waals surface area (Å²) in [6.07, 6.45) is 4.43. The monoisotopic (exact) mass is 430 g/mol. The molecule has 1 aliphatic rings. The lowest BCUT2D eigenvalue weighted by Crippen LogP contribution is -2.34. The van der Waals surface area contributed by atoms with Crippen molar-refractivity contribution in [3.05, 3.63) is 129 Å². The molecule has 0 bridgehead atoms. The Morgan fingerprint density at radius 3 is 1.64 bits per heavy atom. The topological polar surface area (TPSA) is 9.23 Å². The summed E-state index contributed by atoms with van der Waals surface area (Å²) in [5.74, 6) is 0.907. The zero-order valence-corrected chi connectivity index (χ0v) is 20.1. The molecule has 4 aromatic rings. The van der Waals surface area contributed by atoms with E-state index in [-0.39, 0.29) is 0 Å². The van der Waals surface area contributed by atoms with Crippen LogP contribution in [0.15, 0.2) is 84.9 Å². The summed E-state index contributed by atoms with van der Waals surface area (Å²) in [5, 5.41) is 0. The van der Waals surface area contributed by atoms with E-state index in [1.54, 1.807) is 0 Å². The standard InChI is InChI=1S/C32H30O/c1-21-22(2)24(4)31(25(5)23(21)3)27-16-17-30-26(20-27)18-19-32(33-30,28-12-8-6-9-13-28)29-14-10-7-11-15-29/h6-20H,1-5H3. The van der Waals surface area contributed by atoms with Gasteiger partial charge in [-0.3, -0.25) is 0 Å². The lowest BCUT2D eigenvalue weighted by molar-refractivity contribution is 0.161. The number of ether oxygens (including phenoxy) is 1. The lowest BCUT2D eigenvalue weighted by atomic mass is 9.82. The van der Waals surface area contributed by atoms with E-state index in [0.29, 0.717) is 0 Å². The van der Waals surface area contributed by atoms with Crippen molar-refractivity contribution >= 4 is 6.08 Å². The third-order valence-corrected chi connectivity index (χ3v) is 7.47. The first kappa shape index (κ1) is 21.3. The second kappa shape index (κ2) is 8.08. The minimum Gasteiger partial charge on any atom is -0.473 e. The molecule has 0 amide bonds. The average molecular weight is 431 g/mol. The molecule has 1 heteroatoms. The van der Waals surface area contributed by atoms with E-state index in [4.69, 9.17) is 4.74 Å². The quantitative estimate of drug-likeness (QED) is 0.318. The Bertz CT molecular complexity index is 1290. The molecule has 0 aromatic heterocycles. The van der Waals surface area contributed by atoms with E-state index in [1.165, 1.54) is 38.9 Å². The van der Waals surface area contributed by atoms with Gasteiger partial charge in [0.2, 0.25) is 0 Å². The van der Waals surface area contributed by atoms with Gasteiger partial charge in [-0.15, -0.1) is 0 Å². The Morgan fingerprint density at radius 1 is 0.576 bits per heavy atom. The van der Waals surface area contributed by atoms with Crippen molar-refractivity contribution < 1.29 is 4.74 Å². The number of rotatable bonds is 3. The van der Waals surface area contributed by atoms with Gasteiger partial charge in [0, 0.05) is 16.7 Å². The molecule has 0 atom stereocenters. The molecule has 0 N–H and O–H groups in total. The molecular weight excluding hydrogens is 400 g/mol. The Morgan fingerprint density at radius 2 is 1.09 bits per heavy atom. The van der Waals surface area contributed by atoms with Crippen LogP contribution in [0.25, 0.3) is 17.2 Å². The van der Waals surface area contributed by atoms with Crippen LogP contribution in [0.2, 0.25) is 0 Å². The van der Waals surface area contributed by atoms with E-state index in [2.05, 4.69) is 114 Å². The van der Waals surface area contributed by atoms with E-state index >= 15 is 0 Å². The first-order valence-electron chi connectivity index (χ1n) is 11.6. The van der Waals surface area contributed by atoms with Gasteiger partial charge in [0.25, 0.3) is 0 Å². The number of hydrogen-bond donors (Lipinski definition) is 0. The average Bonchev–Trinajstić information content (AvgIpc) is 2.87. The van der Waals surface area contributed by atoms with Crippen LogP contribution >= 0.6 is 0 Å². The van der Waals surface area contributed by atoms with Crippen LogP contribution in [0, 0.1) is 34.6 Å². The van der Waals surface area contributed by atoms with Gasteiger partial charge in [0.1, 0.15) is 5.75 Å². The fourth-order valence-corrected chi connectivity index (χ4v) is 5.12. The summed E-state index contributed by atoms with van der Waals surface area (Å²) in [5.41, 5.74) is 12.2. The Hall–Kier alpha value is -3.58. The molecule has 0 saturated heterocycles. The molecule has 0 unspecified atom stereocenters. The van der Waals surface area contributed by atoms with E-state index < -0.39 is 5.60 Å². The first-order chi connectivity index (χ1) is 15.9. The van der Waals surface area contributed by atoms with Crippen molar-refractivity contribution in [3.8, 4) is 16.9 Å². The third kappa shape index (κ3) is 3.40. The molecule has 5 rings (SSSR count). The second-order valence-corrected chi connectivity index (χ2v) is 9.16. The van der Waals surface area contributed by atoms with E-state index in [0.717, 1.165) is 22.4 Å². The molecule has 0 radical (unpaired) electrons. The first-order valence-corrected chi connectivity index (χ1v) is 11.6. The fourth-order valence-electron chi connectivity index (χ4n) is 5.12. The lowest BCUT2D eigenvalue weighted by Gasteiger charge is -2.36. The van der Waals surface area contributed by atoms with Gasteiger partial charge in [0.05, 0.1) is 0 Å². The SMILES string of the molecule is Cc1c(C)c(C)c(-c2ccc3c(c2)C=CC(c2ccccc2)(c2ccccc2)O3)c(C)c1C. The van der Waals surface area contributed by atoms with Crippen molar-refractivity contribution in [2.45, 2.75) is 40.2 Å². The molecule has 0 spiro atoms. The molecule has 4 aromatic carbocycles. The Labute approximate surface area is 197 Å². The summed E-state index contributed by atoms with van der Waals surface area (Å²) in [7, 11) is 0. The van der Waals surface area contributed by atoms with Gasteiger partial charge < -0.3 is 4.74 Å². The second-order valence-electron chi connectivity index (χ2n) is 9.16. The maximum absolute atomic E-state index is 6.82. The molecular formula is C32H30O. The van der Waals surface area contributed by atoms with Crippen molar-refractivity contribution in [2.24, 2.45) is 0 Å². The smallest absolute Gasteiger partial charge is 0.178 e. The highest BCUT2D eigenvalue weighted by Gasteiger charge is 2.36. The van der Waals surface area contributed by atoms with Gasteiger partial charge in [-0.25, -0.2) is 0 Å². The minimum absolute atomic E-state index is 0.639. The maximum Gasteiger partial charge on any atom is 0.178 e. The zero-order chi connectivity index (χ0) is 23.2. The van der Waals surface area contributed by atoms with Crippen LogP contribution in [0.4, 0.5) is 0 Å². The predicted molar refractivity (Wildman–Crippen MR) is 139 cm³/mol. The van der Waals surface area contributed by atoms with Crippen LogP contribution in [0.5, 0.6) is 5.75 Å². The maximum atomic E-state index is 6.82. The zero-order valence-electron chi connectivity index (χ0n) is 20.1. The highest BCUT2D eigenvalue weighted by molar-refractivity contribution is 5.78. The van der Waals surface area contributed by atoms with Gasteiger partial charge in [-0.05, 0) is 91.8 Å². The van der Waals surface area contributed by atoms with Crippen molar-refractivity contribution in [1.82, 2.24) is 0 Å². The van der Waals surface area contributed by atoms with Crippen molar-refractivity contribution in [2.75, 3.05) is 0 Å². The number of benzene rings is 4. The van der Waals surface area contributed by atoms with Crippen LogP contribution < -0.4 is 4.74 Å². The predicted octanol–water partition coefficient (Wildman–Crippen LogP) is 8.25. The number of fused-ring (bicyclic) bond motifs is 1. The van der Waals surface area contributed by atoms with Gasteiger partial charge in [-0.1, -0.05) is 72.8 Å². The number of hydrogen-bond acceptors (Lipinski definition) is 1. The van der Waals surface area contributed by atoms with E-state index in [9.17, 15) is 0 Å². The molecule has 0 saturated carbocycles. The van der Waals surface area contributed by atoms with Crippen LogP contribution in [-0.4, -0.2) is 0 Å². The summed E-state index contributed by atoms with van der Waals surface area (Å²) < 4.78 is 6.82. The molecule has 0 aliphatic carbocycles. The van der Waals surface area contributed by atoms with Crippen LogP contribution in [0.1, 0.15) is 44.5 Å². The molecule has 1 heterocycles. The molecule has 33 heavy (non-hydrogen) atoms. The minimum atomic E-state index is -0.639. The third-order valence-electron chi connectivity index (χ3n) is 7.47. The highest BCUT2D eigenvalue weighted by Crippen LogP contribution is 2.44. The van der Waals surface area contributed by atoms with Crippen molar-refractivity contribution in [3.63, 3.8) is 0 Å². The summed E-state index contributed by atoms with van der Waals surface area (Å²) >= 11 is 0.